The Hall–Kier alpha value is -2.33. The lowest BCUT2D eigenvalue weighted by Gasteiger charge is -2.31. The van der Waals surface area contributed by atoms with Gasteiger partial charge in [0, 0.05) is 37.4 Å². The number of rotatable bonds is 6. The largest absolute Gasteiger partial charge is 0.489 e. The van der Waals surface area contributed by atoms with Gasteiger partial charge < -0.3 is 14.5 Å². The van der Waals surface area contributed by atoms with Crippen molar-refractivity contribution >= 4 is 5.91 Å². The van der Waals surface area contributed by atoms with E-state index in [1.165, 1.54) is 24.0 Å². The fraction of sp³-hybridized carbons (Fsp3) is 0.458. The van der Waals surface area contributed by atoms with Gasteiger partial charge in [-0.15, -0.1) is 0 Å². The van der Waals surface area contributed by atoms with Crippen LogP contribution in [-0.4, -0.2) is 37.0 Å². The standard InChI is InChI=1S/C24H30N2O2/c27-24(26-14-4-5-15-26)22-12-16-25(17-13-22)18-20-8-10-23(11-9-20)28-19-21-6-2-1-3-7-21/h1-3,6-11,22H,4-5,12-19H2/p+1. The number of hydrogen-bond acceptors (Lipinski definition) is 2. The first-order valence-corrected chi connectivity index (χ1v) is 10.7. The van der Waals surface area contributed by atoms with Gasteiger partial charge in [-0.2, -0.15) is 0 Å². The number of carbonyl (C=O) groups is 1. The van der Waals surface area contributed by atoms with Crippen molar-refractivity contribution in [1.82, 2.24) is 4.90 Å². The Bertz CT molecular complexity index is 746. The third-order valence-electron chi connectivity index (χ3n) is 6.09. The molecule has 1 amide bonds. The topological polar surface area (TPSA) is 34.0 Å². The van der Waals surface area contributed by atoms with Gasteiger partial charge in [-0.05, 0) is 42.7 Å². The zero-order valence-corrected chi connectivity index (χ0v) is 16.6. The smallest absolute Gasteiger partial charge is 0.226 e. The SMILES string of the molecule is O=C(C1CC[NH+](Cc2ccc(OCc3ccccc3)cc2)CC1)N1CCCC1. The van der Waals surface area contributed by atoms with E-state index in [4.69, 9.17) is 4.74 Å². The molecule has 2 saturated heterocycles. The maximum atomic E-state index is 12.6. The first-order valence-electron chi connectivity index (χ1n) is 10.7. The van der Waals surface area contributed by atoms with Crippen LogP contribution in [-0.2, 0) is 17.9 Å². The maximum absolute atomic E-state index is 12.6. The van der Waals surface area contributed by atoms with Crippen molar-refractivity contribution in [3.63, 3.8) is 0 Å². The highest BCUT2D eigenvalue weighted by Crippen LogP contribution is 2.18. The summed E-state index contributed by atoms with van der Waals surface area (Å²) >= 11 is 0. The molecule has 0 spiro atoms. The van der Waals surface area contributed by atoms with Crippen LogP contribution in [0.2, 0.25) is 0 Å². The van der Waals surface area contributed by atoms with Gasteiger partial charge in [0.2, 0.25) is 5.91 Å². The molecule has 4 rings (SSSR count). The number of quaternary nitrogens is 1. The van der Waals surface area contributed by atoms with Crippen molar-refractivity contribution in [2.24, 2.45) is 5.92 Å². The van der Waals surface area contributed by atoms with Gasteiger partial charge in [0.1, 0.15) is 18.9 Å². The summed E-state index contributed by atoms with van der Waals surface area (Å²) < 4.78 is 5.88. The number of hydrogen-bond donors (Lipinski definition) is 1. The molecule has 2 aliphatic heterocycles. The second-order valence-corrected chi connectivity index (χ2v) is 8.15. The summed E-state index contributed by atoms with van der Waals surface area (Å²) in [4.78, 5) is 16.2. The number of nitrogens with one attached hydrogen (secondary N) is 1. The molecular formula is C24H31N2O2+. The van der Waals surface area contributed by atoms with E-state index in [-0.39, 0.29) is 5.92 Å². The van der Waals surface area contributed by atoms with Crippen LogP contribution >= 0.6 is 0 Å². The number of benzene rings is 2. The molecule has 0 bridgehead atoms. The molecule has 2 aromatic rings. The van der Waals surface area contributed by atoms with E-state index in [0.717, 1.165) is 51.3 Å². The van der Waals surface area contributed by atoms with Crippen molar-refractivity contribution in [3.8, 4) is 5.75 Å². The Kier molecular flexibility index (Phi) is 6.27. The molecule has 0 atom stereocenters. The highest BCUT2D eigenvalue weighted by molar-refractivity contribution is 5.79. The number of amides is 1. The third kappa shape index (κ3) is 4.93. The Morgan fingerprint density at radius 2 is 1.61 bits per heavy atom. The number of likely N-dealkylation sites (tertiary alicyclic amines) is 2. The highest BCUT2D eigenvalue weighted by Gasteiger charge is 2.31. The third-order valence-corrected chi connectivity index (χ3v) is 6.09. The lowest BCUT2D eigenvalue weighted by molar-refractivity contribution is -0.919. The zero-order valence-electron chi connectivity index (χ0n) is 16.6. The molecule has 0 saturated carbocycles. The minimum Gasteiger partial charge on any atom is -0.489 e. The molecule has 148 valence electrons. The summed E-state index contributed by atoms with van der Waals surface area (Å²) in [7, 11) is 0. The van der Waals surface area contributed by atoms with Crippen LogP contribution in [0.4, 0.5) is 0 Å². The average molecular weight is 380 g/mol. The minimum absolute atomic E-state index is 0.260. The predicted molar refractivity (Wildman–Crippen MR) is 110 cm³/mol. The number of nitrogens with zero attached hydrogens (tertiary/aromatic N) is 1. The van der Waals surface area contributed by atoms with E-state index >= 15 is 0 Å². The number of piperidine rings is 1. The Morgan fingerprint density at radius 1 is 0.929 bits per heavy atom. The van der Waals surface area contributed by atoms with Crippen molar-refractivity contribution in [2.75, 3.05) is 26.2 Å². The Morgan fingerprint density at radius 3 is 2.29 bits per heavy atom. The van der Waals surface area contributed by atoms with E-state index in [1.54, 1.807) is 4.90 Å². The molecule has 0 aliphatic carbocycles. The van der Waals surface area contributed by atoms with Crippen LogP contribution in [0.25, 0.3) is 0 Å². The van der Waals surface area contributed by atoms with Gasteiger partial charge in [0.25, 0.3) is 0 Å². The van der Waals surface area contributed by atoms with Crippen LogP contribution in [0.15, 0.2) is 54.6 Å². The lowest BCUT2D eigenvalue weighted by Crippen LogP contribution is -3.11. The second kappa shape index (κ2) is 9.24. The van der Waals surface area contributed by atoms with E-state index in [2.05, 4.69) is 41.3 Å². The summed E-state index contributed by atoms with van der Waals surface area (Å²) in [5.41, 5.74) is 2.52. The van der Waals surface area contributed by atoms with Gasteiger partial charge in [-0.1, -0.05) is 30.3 Å². The molecular weight excluding hydrogens is 348 g/mol. The van der Waals surface area contributed by atoms with E-state index in [1.807, 2.05) is 18.2 Å². The van der Waals surface area contributed by atoms with Crippen molar-refractivity contribution in [1.29, 1.82) is 0 Å². The van der Waals surface area contributed by atoms with Gasteiger partial charge >= 0.3 is 0 Å². The number of ether oxygens (including phenoxy) is 1. The second-order valence-electron chi connectivity index (χ2n) is 8.15. The van der Waals surface area contributed by atoms with E-state index < -0.39 is 0 Å². The molecule has 2 fully saturated rings. The molecule has 1 N–H and O–H groups in total. The first-order chi connectivity index (χ1) is 13.8. The monoisotopic (exact) mass is 379 g/mol. The molecule has 4 nitrogen and oxygen atoms in total. The van der Waals surface area contributed by atoms with Gasteiger partial charge in [-0.25, -0.2) is 0 Å². The van der Waals surface area contributed by atoms with Crippen molar-refractivity contribution in [3.05, 3.63) is 65.7 Å². The summed E-state index contributed by atoms with van der Waals surface area (Å²) in [5, 5.41) is 0. The van der Waals surface area contributed by atoms with Gasteiger partial charge in [-0.3, -0.25) is 4.79 Å². The molecule has 4 heteroatoms. The van der Waals surface area contributed by atoms with Crippen LogP contribution in [0.3, 0.4) is 0 Å². The summed E-state index contributed by atoms with van der Waals surface area (Å²) in [6.45, 7) is 5.77. The van der Waals surface area contributed by atoms with Gasteiger partial charge in [0.15, 0.2) is 0 Å². The quantitative estimate of drug-likeness (QED) is 0.837. The average Bonchev–Trinajstić information content (AvgIpc) is 3.29. The molecule has 2 heterocycles. The van der Waals surface area contributed by atoms with E-state index in [9.17, 15) is 4.79 Å². The summed E-state index contributed by atoms with van der Waals surface area (Å²) in [5.74, 6) is 1.59. The Balaban J connectivity index is 1.22. The molecule has 2 aliphatic rings. The Labute approximate surface area is 168 Å². The molecule has 0 unspecified atom stereocenters. The summed E-state index contributed by atoms with van der Waals surface area (Å²) in [6, 6.07) is 18.7. The van der Waals surface area contributed by atoms with Crippen molar-refractivity contribution < 1.29 is 14.4 Å². The predicted octanol–water partition coefficient (Wildman–Crippen LogP) is 2.68. The minimum atomic E-state index is 0.260. The van der Waals surface area contributed by atoms with Crippen LogP contribution < -0.4 is 9.64 Å². The fourth-order valence-corrected chi connectivity index (χ4v) is 4.38. The maximum Gasteiger partial charge on any atom is 0.226 e. The fourth-order valence-electron chi connectivity index (χ4n) is 4.38. The normalized spacial score (nSPS) is 22.2. The molecule has 0 radical (unpaired) electrons. The highest BCUT2D eigenvalue weighted by atomic mass is 16.5. The molecule has 2 aromatic carbocycles. The van der Waals surface area contributed by atoms with Gasteiger partial charge in [0.05, 0.1) is 13.1 Å². The number of carbonyl (C=O) groups excluding carboxylic acids is 1. The molecule has 28 heavy (non-hydrogen) atoms. The first kappa shape index (κ1) is 19.0. The van der Waals surface area contributed by atoms with Crippen LogP contribution in [0, 0.1) is 5.92 Å². The molecule has 0 aromatic heterocycles. The van der Waals surface area contributed by atoms with Crippen LogP contribution in [0.1, 0.15) is 36.8 Å². The summed E-state index contributed by atoms with van der Waals surface area (Å²) in [6.07, 6.45) is 4.42. The lowest BCUT2D eigenvalue weighted by atomic mass is 9.95. The van der Waals surface area contributed by atoms with Crippen molar-refractivity contribution in [2.45, 2.75) is 38.8 Å². The van der Waals surface area contributed by atoms with Crippen LogP contribution in [0.5, 0.6) is 5.75 Å². The van der Waals surface area contributed by atoms with E-state index in [0.29, 0.717) is 12.5 Å². The zero-order chi connectivity index (χ0) is 19.2.